The molecule has 4 aromatic carbocycles. The third-order valence-electron chi connectivity index (χ3n) is 5.47. The van der Waals surface area contributed by atoms with Gasteiger partial charge in [-0.3, -0.25) is 4.79 Å². The van der Waals surface area contributed by atoms with Crippen molar-refractivity contribution in [1.29, 1.82) is 0 Å². The second kappa shape index (κ2) is 10.5. The smallest absolute Gasteiger partial charge is 0.258 e. The van der Waals surface area contributed by atoms with Crippen molar-refractivity contribution in [2.75, 3.05) is 18.6 Å². The zero-order chi connectivity index (χ0) is 23.0. The highest BCUT2D eigenvalue weighted by atomic mass is 16.5. The standard InChI is InChI=1S/C29H27NO3/c1-3-33-27-17-13-23(14-18-27)29(31)30(25-15-19-26(32-2)20-16-25)21-24-11-7-8-12-28(24)22-9-5-4-6-10-22/h4-20H,3,21H2,1-2H3. The number of amides is 1. The normalized spacial score (nSPS) is 10.5. The van der Waals surface area contributed by atoms with E-state index in [2.05, 4.69) is 24.3 Å². The molecule has 1 amide bonds. The first-order valence-corrected chi connectivity index (χ1v) is 11.0. The van der Waals surface area contributed by atoms with E-state index in [1.807, 2.05) is 85.8 Å². The van der Waals surface area contributed by atoms with Gasteiger partial charge in [0.1, 0.15) is 11.5 Å². The predicted octanol–water partition coefficient (Wildman–Crippen LogP) is 6.61. The molecule has 0 heterocycles. The molecular formula is C29H27NO3. The van der Waals surface area contributed by atoms with E-state index in [0.717, 1.165) is 33.9 Å². The molecule has 4 heteroatoms. The minimum Gasteiger partial charge on any atom is -0.497 e. The number of methoxy groups -OCH3 is 1. The van der Waals surface area contributed by atoms with Crippen molar-refractivity contribution in [3.63, 3.8) is 0 Å². The Morgan fingerprint density at radius 1 is 0.758 bits per heavy atom. The highest BCUT2D eigenvalue weighted by Crippen LogP contribution is 2.29. The average molecular weight is 438 g/mol. The molecule has 0 spiro atoms. The van der Waals surface area contributed by atoms with Crippen molar-refractivity contribution in [1.82, 2.24) is 0 Å². The van der Waals surface area contributed by atoms with E-state index in [-0.39, 0.29) is 5.91 Å². The molecule has 0 aromatic heterocycles. The number of hydrogen-bond donors (Lipinski definition) is 0. The van der Waals surface area contributed by atoms with E-state index >= 15 is 0 Å². The molecule has 0 fully saturated rings. The number of ether oxygens (including phenoxy) is 2. The fraction of sp³-hybridized carbons (Fsp3) is 0.138. The van der Waals surface area contributed by atoms with Crippen LogP contribution in [0.3, 0.4) is 0 Å². The van der Waals surface area contributed by atoms with Gasteiger partial charge in [0, 0.05) is 11.3 Å². The fourth-order valence-electron chi connectivity index (χ4n) is 3.79. The molecule has 0 saturated heterocycles. The summed E-state index contributed by atoms with van der Waals surface area (Å²) in [6, 6.07) is 33.3. The van der Waals surface area contributed by atoms with Crippen LogP contribution in [0.15, 0.2) is 103 Å². The first-order chi connectivity index (χ1) is 16.2. The van der Waals surface area contributed by atoms with Gasteiger partial charge in [0.2, 0.25) is 0 Å². The van der Waals surface area contributed by atoms with Crippen LogP contribution in [0.5, 0.6) is 11.5 Å². The molecular weight excluding hydrogens is 410 g/mol. The number of anilines is 1. The van der Waals surface area contributed by atoms with Crippen LogP contribution in [0.25, 0.3) is 11.1 Å². The Labute approximate surface area is 195 Å². The number of carbonyl (C=O) groups is 1. The maximum Gasteiger partial charge on any atom is 0.258 e. The van der Waals surface area contributed by atoms with Crippen LogP contribution >= 0.6 is 0 Å². The topological polar surface area (TPSA) is 38.8 Å². The summed E-state index contributed by atoms with van der Waals surface area (Å²) in [4.78, 5) is 15.5. The Bertz CT molecular complexity index is 1190. The molecule has 33 heavy (non-hydrogen) atoms. The van der Waals surface area contributed by atoms with Crippen LogP contribution in [0.2, 0.25) is 0 Å². The Hall–Kier alpha value is -4.05. The molecule has 0 unspecified atom stereocenters. The van der Waals surface area contributed by atoms with Crippen molar-refractivity contribution in [3.05, 3.63) is 114 Å². The zero-order valence-corrected chi connectivity index (χ0v) is 18.9. The maximum atomic E-state index is 13.7. The van der Waals surface area contributed by atoms with E-state index in [4.69, 9.17) is 9.47 Å². The van der Waals surface area contributed by atoms with Crippen molar-refractivity contribution in [2.45, 2.75) is 13.5 Å². The molecule has 0 bridgehead atoms. The molecule has 4 rings (SSSR count). The molecule has 0 saturated carbocycles. The molecule has 0 aliphatic carbocycles. The predicted molar refractivity (Wildman–Crippen MR) is 133 cm³/mol. The van der Waals surface area contributed by atoms with Gasteiger partial charge in [0.25, 0.3) is 5.91 Å². The lowest BCUT2D eigenvalue weighted by atomic mass is 9.99. The van der Waals surface area contributed by atoms with Gasteiger partial charge < -0.3 is 14.4 Å². The van der Waals surface area contributed by atoms with Crippen LogP contribution in [-0.4, -0.2) is 19.6 Å². The van der Waals surface area contributed by atoms with Crippen LogP contribution in [0.1, 0.15) is 22.8 Å². The third-order valence-corrected chi connectivity index (χ3v) is 5.47. The lowest BCUT2D eigenvalue weighted by Gasteiger charge is -2.25. The Morgan fingerprint density at radius 2 is 1.39 bits per heavy atom. The van der Waals surface area contributed by atoms with Crippen LogP contribution in [-0.2, 0) is 6.54 Å². The Morgan fingerprint density at radius 3 is 2.06 bits per heavy atom. The summed E-state index contributed by atoms with van der Waals surface area (Å²) < 4.78 is 10.8. The largest absolute Gasteiger partial charge is 0.497 e. The monoisotopic (exact) mass is 437 g/mol. The molecule has 4 nitrogen and oxygen atoms in total. The van der Waals surface area contributed by atoms with Crippen molar-refractivity contribution < 1.29 is 14.3 Å². The van der Waals surface area contributed by atoms with Crippen LogP contribution < -0.4 is 14.4 Å². The Kier molecular flexibility index (Phi) is 7.06. The first kappa shape index (κ1) is 22.2. The first-order valence-electron chi connectivity index (χ1n) is 11.0. The molecule has 0 radical (unpaired) electrons. The highest BCUT2D eigenvalue weighted by Gasteiger charge is 2.20. The number of hydrogen-bond acceptors (Lipinski definition) is 3. The summed E-state index contributed by atoms with van der Waals surface area (Å²) >= 11 is 0. The van der Waals surface area contributed by atoms with Crippen LogP contribution in [0.4, 0.5) is 5.69 Å². The summed E-state index contributed by atoms with van der Waals surface area (Å²) in [5.74, 6) is 1.42. The average Bonchev–Trinajstić information content (AvgIpc) is 2.88. The van der Waals surface area contributed by atoms with Gasteiger partial charge in [-0.1, -0.05) is 54.6 Å². The van der Waals surface area contributed by atoms with Gasteiger partial charge in [-0.05, 0) is 72.1 Å². The molecule has 0 N–H and O–H groups in total. The SMILES string of the molecule is CCOc1ccc(C(=O)N(Cc2ccccc2-c2ccccc2)c2ccc(OC)cc2)cc1. The number of carbonyl (C=O) groups excluding carboxylic acids is 1. The molecule has 0 aliphatic rings. The minimum absolute atomic E-state index is 0.0777. The molecule has 0 atom stereocenters. The number of benzene rings is 4. The van der Waals surface area contributed by atoms with Crippen LogP contribution in [0, 0.1) is 0 Å². The van der Waals surface area contributed by atoms with Crippen molar-refractivity contribution in [2.24, 2.45) is 0 Å². The summed E-state index contributed by atoms with van der Waals surface area (Å²) in [5.41, 5.74) is 4.70. The zero-order valence-electron chi connectivity index (χ0n) is 18.9. The quantitative estimate of drug-likeness (QED) is 0.311. The van der Waals surface area contributed by atoms with E-state index in [0.29, 0.717) is 18.7 Å². The maximum absolute atomic E-state index is 13.7. The lowest BCUT2D eigenvalue weighted by Crippen LogP contribution is -2.30. The van der Waals surface area contributed by atoms with Gasteiger partial charge in [0.15, 0.2) is 0 Å². The van der Waals surface area contributed by atoms with Gasteiger partial charge in [-0.2, -0.15) is 0 Å². The Balaban J connectivity index is 1.72. The van der Waals surface area contributed by atoms with Gasteiger partial charge in [-0.15, -0.1) is 0 Å². The minimum atomic E-state index is -0.0777. The number of rotatable bonds is 8. The third kappa shape index (κ3) is 5.24. The molecule has 0 aliphatic heterocycles. The molecule has 4 aromatic rings. The van der Waals surface area contributed by atoms with Gasteiger partial charge >= 0.3 is 0 Å². The van der Waals surface area contributed by atoms with Gasteiger partial charge in [0.05, 0.1) is 20.3 Å². The van der Waals surface area contributed by atoms with Gasteiger partial charge in [-0.25, -0.2) is 0 Å². The van der Waals surface area contributed by atoms with E-state index in [9.17, 15) is 4.79 Å². The summed E-state index contributed by atoms with van der Waals surface area (Å²) in [5, 5.41) is 0. The van der Waals surface area contributed by atoms with E-state index in [1.165, 1.54) is 0 Å². The second-order valence-electron chi connectivity index (χ2n) is 7.57. The van der Waals surface area contributed by atoms with E-state index in [1.54, 1.807) is 12.0 Å². The van der Waals surface area contributed by atoms with Crippen molar-refractivity contribution >= 4 is 11.6 Å². The number of nitrogens with zero attached hydrogens (tertiary/aromatic N) is 1. The summed E-state index contributed by atoms with van der Waals surface area (Å²) in [7, 11) is 1.63. The highest BCUT2D eigenvalue weighted by molar-refractivity contribution is 6.06. The lowest BCUT2D eigenvalue weighted by molar-refractivity contribution is 0.0985. The summed E-state index contributed by atoms with van der Waals surface area (Å²) in [6.45, 7) is 2.96. The second-order valence-corrected chi connectivity index (χ2v) is 7.57. The summed E-state index contributed by atoms with van der Waals surface area (Å²) in [6.07, 6.45) is 0. The van der Waals surface area contributed by atoms with Crippen molar-refractivity contribution in [3.8, 4) is 22.6 Å². The molecule has 166 valence electrons. The fourth-order valence-corrected chi connectivity index (χ4v) is 3.79. The van der Waals surface area contributed by atoms with E-state index < -0.39 is 0 Å².